The standard InChI is InChI=1S/C16H18N2O2/c19-14-6-7-15(20)18(14)13-8-10-17-9-2-4-11-3-1-5-12(13)16(11)17/h1,3,5,13H,2,4,6-10H2/t13-/m1/s1. The Bertz CT molecular complexity index is 580. The van der Waals surface area contributed by atoms with Gasteiger partial charge < -0.3 is 4.90 Å². The third-order valence-corrected chi connectivity index (χ3v) is 4.77. The van der Waals surface area contributed by atoms with Crippen LogP contribution < -0.4 is 4.90 Å². The molecule has 3 heterocycles. The lowest BCUT2D eigenvalue weighted by Gasteiger charge is -2.42. The smallest absolute Gasteiger partial charge is 0.230 e. The molecular weight excluding hydrogens is 252 g/mol. The SMILES string of the molecule is O=C1CCC(=O)N1[C@@H]1CCN2CCCc3cccc1c32. The van der Waals surface area contributed by atoms with E-state index in [4.69, 9.17) is 0 Å². The molecule has 2 amide bonds. The highest BCUT2D eigenvalue weighted by Crippen LogP contribution is 2.43. The maximum atomic E-state index is 12.0. The highest BCUT2D eigenvalue weighted by molar-refractivity contribution is 6.02. The fourth-order valence-corrected chi connectivity index (χ4v) is 3.91. The van der Waals surface area contributed by atoms with E-state index in [9.17, 15) is 9.59 Å². The monoisotopic (exact) mass is 270 g/mol. The second-order valence-corrected chi connectivity index (χ2v) is 5.91. The lowest BCUT2D eigenvalue weighted by Crippen LogP contribution is -2.42. The fourth-order valence-electron chi connectivity index (χ4n) is 3.91. The molecule has 20 heavy (non-hydrogen) atoms. The third kappa shape index (κ3) is 1.60. The van der Waals surface area contributed by atoms with Crippen molar-refractivity contribution in [3.8, 4) is 0 Å². The van der Waals surface area contributed by atoms with Crippen LogP contribution in [0.3, 0.4) is 0 Å². The normalized spacial score (nSPS) is 25.1. The summed E-state index contributed by atoms with van der Waals surface area (Å²) >= 11 is 0. The Balaban J connectivity index is 1.81. The lowest BCUT2D eigenvalue weighted by atomic mass is 9.88. The van der Waals surface area contributed by atoms with E-state index in [1.54, 1.807) is 0 Å². The summed E-state index contributed by atoms with van der Waals surface area (Å²) < 4.78 is 0. The largest absolute Gasteiger partial charge is 0.371 e. The van der Waals surface area contributed by atoms with Gasteiger partial charge in [0.1, 0.15) is 0 Å². The maximum Gasteiger partial charge on any atom is 0.230 e. The van der Waals surface area contributed by atoms with Gasteiger partial charge in [0.2, 0.25) is 11.8 Å². The number of anilines is 1. The zero-order valence-corrected chi connectivity index (χ0v) is 11.5. The Morgan fingerprint density at radius 2 is 1.80 bits per heavy atom. The molecule has 4 heteroatoms. The summed E-state index contributed by atoms with van der Waals surface area (Å²) in [7, 11) is 0. The van der Waals surface area contributed by atoms with Crippen LogP contribution in [0.1, 0.15) is 42.9 Å². The number of carbonyl (C=O) groups excluding carboxylic acids is 2. The van der Waals surface area contributed by atoms with E-state index in [-0.39, 0.29) is 17.9 Å². The summed E-state index contributed by atoms with van der Waals surface area (Å²) in [5, 5.41) is 0. The van der Waals surface area contributed by atoms with Crippen molar-refractivity contribution < 1.29 is 9.59 Å². The molecule has 3 aliphatic heterocycles. The second-order valence-electron chi connectivity index (χ2n) is 5.91. The molecule has 0 bridgehead atoms. The van der Waals surface area contributed by atoms with Crippen molar-refractivity contribution in [1.29, 1.82) is 0 Å². The fraction of sp³-hybridized carbons (Fsp3) is 0.500. The molecule has 1 aromatic rings. The summed E-state index contributed by atoms with van der Waals surface area (Å²) in [4.78, 5) is 28.0. The molecule has 0 unspecified atom stereocenters. The van der Waals surface area contributed by atoms with Crippen molar-refractivity contribution in [2.75, 3.05) is 18.0 Å². The summed E-state index contributed by atoms with van der Waals surface area (Å²) in [5.74, 6) is 0.00345. The molecule has 0 aromatic heterocycles. The molecule has 3 aliphatic rings. The van der Waals surface area contributed by atoms with Crippen LogP contribution in [0.5, 0.6) is 0 Å². The minimum atomic E-state index is -0.0400. The number of aryl methyl sites for hydroxylation is 1. The van der Waals surface area contributed by atoms with Crippen LogP contribution in [0.2, 0.25) is 0 Å². The van der Waals surface area contributed by atoms with Gasteiger partial charge in [0.25, 0.3) is 0 Å². The zero-order valence-electron chi connectivity index (χ0n) is 11.5. The Hall–Kier alpha value is -1.84. The first-order valence-corrected chi connectivity index (χ1v) is 7.47. The molecule has 4 nitrogen and oxygen atoms in total. The number of likely N-dealkylation sites (tertiary alicyclic amines) is 1. The van der Waals surface area contributed by atoms with Crippen LogP contribution in [-0.4, -0.2) is 29.8 Å². The van der Waals surface area contributed by atoms with Gasteiger partial charge in [-0.25, -0.2) is 0 Å². The molecular formula is C16H18N2O2. The van der Waals surface area contributed by atoms with Gasteiger partial charge in [-0.3, -0.25) is 14.5 Å². The van der Waals surface area contributed by atoms with Crippen LogP contribution in [-0.2, 0) is 16.0 Å². The number of amides is 2. The van der Waals surface area contributed by atoms with Gasteiger partial charge in [-0.15, -0.1) is 0 Å². The number of hydrogen-bond acceptors (Lipinski definition) is 3. The first kappa shape index (κ1) is 11.9. The van der Waals surface area contributed by atoms with E-state index in [1.165, 1.54) is 28.1 Å². The Morgan fingerprint density at radius 3 is 2.60 bits per heavy atom. The van der Waals surface area contributed by atoms with Crippen molar-refractivity contribution in [2.45, 2.75) is 38.1 Å². The van der Waals surface area contributed by atoms with Crippen molar-refractivity contribution in [3.63, 3.8) is 0 Å². The molecule has 1 atom stereocenters. The average molecular weight is 270 g/mol. The van der Waals surface area contributed by atoms with Gasteiger partial charge in [0.05, 0.1) is 6.04 Å². The second kappa shape index (κ2) is 4.33. The Labute approximate surface area is 118 Å². The van der Waals surface area contributed by atoms with Gasteiger partial charge in [0.15, 0.2) is 0 Å². The molecule has 0 radical (unpaired) electrons. The molecule has 1 fully saturated rings. The predicted octanol–water partition coefficient (Wildman–Crippen LogP) is 2.03. The van der Waals surface area contributed by atoms with Crippen molar-refractivity contribution in [1.82, 2.24) is 4.90 Å². The van der Waals surface area contributed by atoms with Crippen LogP contribution in [0.15, 0.2) is 18.2 Å². The number of nitrogens with zero attached hydrogens (tertiary/aromatic N) is 2. The molecule has 0 N–H and O–H groups in total. The topological polar surface area (TPSA) is 40.6 Å². The summed E-state index contributed by atoms with van der Waals surface area (Å²) in [6.45, 7) is 2.05. The molecule has 4 rings (SSSR count). The van der Waals surface area contributed by atoms with Gasteiger partial charge in [-0.1, -0.05) is 18.2 Å². The van der Waals surface area contributed by atoms with Crippen molar-refractivity contribution >= 4 is 17.5 Å². The maximum absolute atomic E-state index is 12.0. The van der Waals surface area contributed by atoms with E-state index in [0.29, 0.717) is 12.8 Å². The lowest BCUT2D eigenvalue weighted by molar-refractivity contribution is -0.141. The zero-order chi connectivity index (χ0) is 13.7. The van der Waals surface area contributed by atoms with Crippen LogP contribution >= 0.6 is 0 Å². The van der Waals surface area contributed by atoms with E-state index in [2.05, 4.69) is 23.1 Å². The molecule has 0 saturated carbocycles. The molecule has 0 aliphatic carbocycles. The van der Waals surface area contributed by atoms with E-state index in [1.807, 2.05) is 0 Å². The number of carbonyl (C=O) groups is 2. The summed E-state index contributed by atoms with van der Waals surface area (Å²) in [6.07, 6.45) is 3.94. The number of para-hydroxylation sites is 1. The molecule has 1 saturated heterocycles. The molecule has 104 valence electrons. The van der Waals surface area contributed by atoms with Gasteiger partial charge in [-0.2, -0.15) is 0 Å². The number of imide groups is 1. The molecule has 1 aromatic carbocycles. The number of benzene rings is 1. The van der Waals surface area contributed by atoms with E-state index < -0.39 is 0 Å². The Kier molecular flexibility index (Phi) is 2.59. The minimum absolute atomic E-state index is 0.00172. The summed E-state index contributed by atoms with van der Waals surface area (Å²) in [5.41, 5.74) is 3.84. The van der Waals surface area contributed by atoms with Crippen LogP contribution in [0.4, 0.5) is 5.69 Å². The first-order valence-electron chi connectivity index (χ1n) is 7.47. The third-order valence-electron chi connectivity index (χ3n) is 4.77. The van der Waals surface area contributed by atoms with Crippen molar-refractivity contribution in [3.05, 3.63) is 29.3 Å². The highest BCUT2D eigenvalue weighted by Gasteiger charge is 2.40. The number of hydrogen-bond donors (Lipinski definition) is 0. The van der Waals surface area contributed by atoms with Crippen LogP contribution in [0, 0.1) is 0 Å². The average Bonchev–Trinajstić information content (AvgIpc) is 2.80. The number of rotatable bonds is 1. The van der Waals surface area contributed by atoms with E-state index in [0.717, 1.165) is 25.9 Å². The Morgan fingerprint density at radius 1 is 1.00 bits per heavy atom. The van der Waals surface area contributed by atoms with Crippen molar-refractivity contribution in [2.24, 2.45) is 0 Å². The molecule has 0 spiro atoms. The highest BCUT2D eigenvalue weighted by atomic mass is 16.2. The predicted molar refractivity (Wildman–Crippen MR) is 75.4 cm³/mol. The van der Waals surface area contributed by atoms with E-state index >= 15 is 0 Å². The quantitative estimate of drug-likeness (QED) is 0.733. The summed E-state index contributed by atoms with van der Waals surface area (Å²) in [6, 6.07) is 6.31. The van der Waals surface area contributed by atoms with Gasteiger partial charge in [0, 0.05) is 31.6 Å². The van der Waals surface area contributed by atoms with Gasteiger partial charge >= 0.3 is 0 Å². The van der Waals surface area contributed by atoms with Crippen LogP contribution in [0.25, 0.3) is 0 Å². The minimum Gasteiger partial charge on any atom is -0.371 e. The van der Waals surface area contributed by atoms with Gasteiger partial charge in [-0.05, 0) is 30.4 Å². The first-order chi connectivity index (χ1) is 9.75.